The number of nitrogens with two attached hydrogens (primary N) is 1. The normalized spacial score (nSPS) is 19.8. The zero-order valence-corrected chi connectivity index (χ0v) is 23.9. The summed E-state index contributed by atoms with van der Waals surface area (Å²) in [5.41, 5.74) is 7.23. The Kier molecular flexibility index (Phi) is 8.95. The highest BCUT2D eigenvalue weighted by Crippen LogP contribution is 2.28. The second-order valence-electron chi connectivity index (χ2n) is 10.7. The van der Waals surface area contributed by atoms with Crippen LogP contribution in [0.5, 0.6) is 0 Å². The van der Waals surface area contributed by atoms with Crippen molar-refractivity contribution in [2.45, 2.75) is 50.7 Å². The van der Waals surface area contributed by atoms with Crippen molar-refractivity contribution in [3.63, 3.8) is 0 Å². The summed E-state index contributed by atoms with van der Waals surface area (Å²) in [7, 11) is 1.71. The third kappa shape index (κ3) is 6.35. The number of carbonyl (C=O) groups is 3. The van der Waals surface area contributed by atoms with Gasteiger partial charge < -0.3 is 26.0 Å². The first-order valence-corrected chi connectivity index (χ1v) is 14.1. The van der Waals surface area contributed by atoms with Crippen LogP contribution < -0.4 is 16.4 Å². The van der Waals surface area contributed by atoms with Crippen molar-refractivity contribution < 1.29 is 27.9 Å². The molecule has 10 nitrogen and oxygen atoms in total. The van der Waals surface area contributed by atoms with Crippen LogP contribution in [0.15, 0.2) is 42.6 Å². The molecule has 5 rings (SSSR count). The number of fused-ring (bicyclic) bond motifs is 1. The van der Waals surface area contributed by atoms with Gasteiger partial charge in [0.2, 0.25) is 5.91 Å². The number of piperidine rings is 1. The van der Waals surface area contributed by atoms with Crippen LogP contribution in [0.25, 0.3) is 10.9 Å². The number of benzene rings is 2. The Labute approximate surface area is 246 Å². The van der Waals surface area contributed by atoms with Gasteiger partial charge in [-0.05, 0) is 36.6 Å². The van der Waals surface area contributed by atoms with E-state index in [1.807, 2.05) is 0 Å². The van der Waals surface area contributed by atoms with E-state index in [0.717, 1.165) is 36.4 Å². The number of primary amides is 1. The summed E-state index contributed by atoms with van der Waals surface area (Å²) in [5.74, 6) is -1.26. The number of halogens is 3. The number of aromatic nitrogens is 1. The summed E-state index contributed by atoms with van der Waals surface area (Å²) in [5, 5.41) is 5.82. The lowest BCUT2D eigenvalue weighted by molar-refractivity contribution is -0.124. The number of ether oxygens (including phenoxy) is 1. The Hall–Kier alpha value is -3.74. The third-order valence-electron chi connectivity index (χ3n) is 7.90. The van der Waals surface area contributed by atoms with E-state index in [1.54, 1.807) is 43.5 Å². The van der Waals surface area contributed by atoms with Gasteiger partial charge >= 0.3 is 12.1 Å². The summed E-state index contributed by atoms with van der Waals surface area (Å²) in [6.07, 6.45) is 1.80. The minimum absolute atomic E-state index is 0.0515. The van der Waals surface area contributed by atoms with Gasteiger partial charge in [0.1, 0.15) is 18.0 Å². The van der Waals surface area contributed by atoms with Crippen LogP contribution in [0.3, 0.4) is 0 Å². The van der Waals surface area contributed by atoms with Crippen molar-refractivity contribution in [2.24, 2.45) is 5.73 Å². The van der Waals surface area contributed by atoms with E-state index in [-0.39, 0.29) is 41.9 Å². The van der Waals surface area contributed by atoms with Gasteiger partial charge in [0.05, 0.1) is 28.9 Å². The predicted octanol–water partition coefficient (Wildman–Crippen LogP) is 4.23. The smallest absolute Gasteiger partial charge is 0.323 e. The summed E-state index contributed by atoms with van der Waals surface area (Å²) >= 11 is 6.18. The van der Waals surface area contributed by atoms with Crippen molar-refractivity contribution in [1.29, 1.82) is 0 Å². The van der Waals surface area contributed by atoms with E-state index in [9.17, 15) is 23.2 Å². The molecule has 3 heterocycles. The molecule has 3 aromatic rings. The van der Waals surface area contributed by atoms with Crippen LogP contribution in [-0.2, 0) is 22.6 Å². The number of likely N-dealkylation sites (tertiary alicyclic amines) is 2. The summed E-state index contributed by atoms with van der Waals surface area (Å²) in [4.78, 5) is 41.5. The van der Waals surface area contributed by atoms with Crippen molar-refractivity contribution in [3.05, 3.63) is 64.6 Å². The largest absolute Gasteiger partial charge is 0.381 e. The SMILES string of the molecule is COC1CCN(Cc2cc(Cl)c(F)c(CNC(=O)[C@@H]3C[C@@H](F)CN3C(=O)Nc3cn(C(N)=O)c4ccccc34)c2)CC1. The van der Waals surface area contributed by atoms with Crippen molar-refractivity contribution in [1.82, 2.24) is 19.7 Å². The minimum atomic E-state index is -1.42. The number of amides is 4. The standard InChI is InChI=1S/C29H33ClF2N6O4/c1-42-20-6-8-36(9-7-20)14-17-10-18(26(32)22(30)11-17)13-34-27(39)25-12-19(31)15-38(25)29(41)35-23-16-37(28(33)40)24-5-3-2-4-21(23)24/h2-5,10-11,16,19-20,25H,6-9,12-15H2,1H3,(H2,33,40)(H,34,39)(H,35,41)/t19-,25+/m1/s1. The molecule has 4 amide bonds. The highest BCUT2D eigenvalue weighted by molar-refractivity contribution is 6.30. The number of rotatable bonds is 7. The number of para-hydroxylation sites is 1. The molecule has 2 saturated heterocycles. The van der Waals surface area contributed by atoms with Gasteiger partial charge in [-0.15, -0.1) is 0 Å². The van der Waals surface area contributed by atoms with Crippen LogP contribution in [0.1, 0.15) is 30.4 Å². The number of anilines is 1. The molecule has 224 valence electrons. The number of nitrogens with zero attached hydrogens (tertiary/aromatic N) is 3. The van der Waals surface area contributed by atoms with Crippen LogP contribution in [-0.4, -0.2) is 77.4 Å². The predicted molar refractivity (Wildman–Crippen MR) is 155 cm³/mol. The second-order valence-corrected chi connectivity index (χ2v) is 11.1. The first-order chi connectivity index (χ1) is 20.1. The number of hydrogen-bond acceptors (Lipinski definition) is 5. The Morgan fingerprint density at radius 3 is 2.62 bits per heavy atom. The van der Waals surface area contributed by atoms with Crippen LogP contribution in [0.2, 0.25) is 5.02 Å². The van der Waals surface area contributed by atoms with Crippen molar-refractivity contribution >= 4 is 46.2 Å². The second kappa shape index (κ2) is 12.6. The number of alkyl halides is 1. The van der Waals surface area contributed by atoms with E-state index in [1.165, 1.54) is 10.8 Å². The molecule has 0 saturated carbocycles. The lowest BCUT2D eigenvalue weighted by atomic mass is 10.1. The van der Waals surface area contributed by atoms with E-state index in [2.05, 4.69) is 15.5 Å². The maximum Gasteiger partial charge on any atom is 0.323 e. The van der Waals surface area contributed by atoms with Gasteiger partial charge in [0, 0.05) is 56.9 Å². The summed E-state index contributed by atoms with van der Waals surface area (Å²) in [6, 6.07) is 7.50. The molecule has 0 aliphatic carbocycles. The Morgan fingerprint density at radius 1 is 1.17 bits per heavy atom. The van der Waals surface area contributed by atoms with Gasteiger partial charge in [-0.3, -0.25) is 14.3 Å². The molecular formula is C29H33ClF2N6O4. The van der Waals surface area contributed by atoms with Crippen LogP contribution >= 0.6 is 11.6 Å². The molecule has 2 atom stereocenters. The first kappa shape index (κ1) is 29.7. The summed E-state index contributed by atoms with van der Waals surface area (Å²) in [6.45, 7) is 1.77. The molecule has 2 aliphatic rings. The number of nitrogens with one attached hydrogen (secondary N) is 2. The molecule has 42 heavy (non-hydrogen) atoms. The van der Waals surface area contributed by atoms with Crippen LogP contribution in [0.4, 0.5) is 24.1 Å². The van der Waals surface area contributed by atoms with E-state index < -0.39 is 36.0 Å². The monoisotopic (exact) mass is 602 g/mol. The van der Waals surface area contributed by atoms with Crippen molar-refractivity contribution in [3.8, 4) is 0 Å². The number of urea groups is 1. The Bertz CT molecular complexity index is 1490. The van der Waals surface area contributed by atoms with E-state index in [4.69, 9.17) is 22.1 Å². The van der Waals surface area contributed by atoms with E-state index >= 15 is 0 Å². The molecule has 0 bridgehead atoms. The molecule has 0 radical (unpaired) electrons. The zero-order valence-electron chi connectivity index (χ0n) is 23.1. The molecule has 0 spiro atoms. The number of hydrogen-bond donors (Lipinski definition) is 3. The minimum Gasteiger partial charge on any atom is -0.381 e. The molecule has 2 aromatic carbocycles. The molecule has 0 unspecified atom stereocenters. The summed E-state index contributed by atoms with van der Waals surface area (Å²) < 4.78 is 36.0. The molecular weight excluding hydrogens is 570 g/mol. The fourth-order valence-corrected chi connectivity index (χ4v) is 5.96. The molecule has 2 fully saturated rings. The molecule has 4 N–H and O–H groups in total. The van der Waals surface area contributed by atoms with Gasteiger partial charge in [-0.2, -0.15) is 0 Å². The lowest BCUT2D eigenvalue weighted by Gasteiger charge is -2.31. The first-order valence-electron chi connectivity index (χ1n) is 13.8. The van der Waals surface area contributed by atoms with Gasteiger partial charge in [-0.25, -0.2) is 18.4 Å². The fraction of sp³-hybridized carbons (Fsp3) is 0.414. The topological polar surface area (TPSA) is 122 Å². The van der Waals surface area contributed by atoms with Gasteiger partial charge in [0.15, 0.2) is 0 Å². The van der Waals surface area contributed by atoms with Crippen molar-refractivity contribution in [2.75, 3.05) is 32.1 Å². The molecule has 2 aliphatic heterocycles. The fourth-order valence-electron chi connectivity index (χ4n) is 5.70. The number of carbonyl (C=O) groups excluding carboxylic acids is 3. The maximum absolute atomic E-state index is 14.9. The molecule has 13 heteroatoms. The van der Waals surface area contributed by atoms with E-state index in [0.29, 0.717) is 17.4 Å². The number of methoxy groups -OCH3 is 1. The zero-order chi connectivity index (χ0) is 30.0. The van der Waals surface area contributed by atoms with Crippen LogP contribution in [0, 0.1) is 5.82 Å². The average molecular weight is 603 g/mol. The average Bonchev–Trinajstić information content (AvgIpc) is 3.55. The third-order valence-corrected chi connectivity index (χ3v) is 8.17. The highest BCUT2D eigenvalue weighted by atomic mass is 35.5. The lowest BCUT2D eigenvalue weighted by Crippen LogP contribution is -2.47. The maximum atomic E-state index is 14.9. The Morgan fingerprint density at radius 2 is 1.90 bits per heavy atom. The molecule has 1 aromatic heterocycles. The highest BCUT2D eigenvalue weighted by Gasteiger charge is 2.40. The quantitative estimate of drug-likeness (QED) is 0.374. The van der Waals surface area contributed by atoms with Gasteiger partial charge in [-0.1, -0.05) is 29.8 Å². The Balaban J connectivity index is 1.25. The van der Waals surface area contributed by atoms with Gasteiger partial charge in [0.25, 0.3) is 0 Å².